The van der Waals surface area contributed by atoms with Gasteiger partial charge >= 0.3 is 0 Å². The van der Waals surface area contributed by atoms with Crippen molar-refractivity contribution in [3.8, 4) is 0 Å². The van der Waals surface area contributed by atoms with Crippen molar-refractivity contribution in [2.75, 3.05) is 30.3 Å². The van der Waals surface area contributed by atoms with Crippen LogP contribution in [-0.2, 0) is 4.79 Å². The zero-order chi connectivity index (χ0) is 12.7. The lowest BCUT2D eigenvalue weighted by Gasteiger charge is -2.23. The van der Waals surface area contributed by atoms with Gasteiger partial charge in [0.15, 0.2) is 0 Å². The molecule has 1 rings (SSSR count). The molecule has 1 amide bonds. The fourth-order valence-corrected chi connectivity index (χ4v) is 1.72. The van der Waals surface area contributed by atoms with Crippen molar-refractivity contribution in [3.05, 3.63) is 24.3 Å². The molecule has 4 nitrogen and oxygen atoms in total. The molecule has 0 saturated heterocycles. The molecule has 1 aromatic rings. The fraction of sp³-hybridized carbons (Fsp3) is 0.462. The normalized spacial score (nSPS) is 10.0. The number of amides is 1. The van der Waals surface area contributed by atoms with Gasteiger partial charge in [-0.25, -0.2) is 0 Å². The molecule has 0 bridgehead atoms. The number of carbonyl (C=O) groups excluding carboxylic acids is 1. The molecule has 94 valence electrons. The number of hydrogen-bond donors (Lipinski definition) is 2. The Kier molecular flexibility index (Phi) is 5.33. The first kappa shape index (κ1) is 13.4. The van der Waals surface area contributed by atoms with Crippen molar-refractivity contribution in [1.29, 1.82) is 0 Å². The van der Waals surface area contributed by atoms with Gasteiger partial charge in [-0.05, 0) is 31.5 Å². The summed E-state index contributed by atoms with van der Waals surface area (Å²) in [6.45, 7) is 5.90. The summed E-state index contributed by atoms with van der Waals surface area (Å²) in [5.74, 6) is 0.0448. The lowest BCUT2D eigenvalue weighted by molar-refractivity contribution is -0.119. The Bertz CT molecular complexity index is 365. The molecule has 17 heavy (non-hydrogen) atoms. The number of nitrogens with two attached hydrogens (primary N) is 1. The van der Waals surface area contributed by atoms with Crippen LogP contribution in [0.2, 0.25) is 0 Å². The molecule has 0 unspecified atom stereocenters. The monoisotopic (exact) mass is 235 g/mol. The highest BCUT2D eigenvalue weighted by molar-refractivity contribution is 5.81. The van der Waals surface area contributed by atoms with E-state index in [0.717, 1.165) is 24.3 Å². The topological polar surface area (TPSA) is 58.4 Å². The van der Waals surface area contributed by atoms with Crippen LogP contribution in [0.4, 0.5) is 11.4 Å². The van der Waals surface area contributed by atoms with E-state index in [1.165, 1.54) is 0 Å². The molecule has 0 aliphatic carbocycles. The van der Waals surface area contributed by atoms with Crippen molar-refractivity contribution in [2.24, 2.45) is 0 Å². The first-order valence-corrected chi connectivity index (χ1v) is 6.04. The second-order valence-corrected chi connectivity index (χ2v) is 3.97. The highest BCUT2D eigenvalue weighted by Gasteiger charge is 2.10. The van der Waals surface area contributed by atoms with Crippen molar-refractivity contribution >= 4 is 17.3 Å². The van der Waals surface area contributed by atoms with Crippen LogP contribution in [0.3, 0.4) is 0 Å². The third-order valence-corrected chi connectivity index (χ3v) is 2.44. The van der Waals surface area contributed by atoms with E-state index >= 15 is 0 Å². The molecule has 0 radical (unpaired) electrons. The van der Waals surface area contributed by atoms with E-state index in [1.54, 1.807) is 0 Å². The van der Waals surface area contributed by atoms with Gasteiger partial charge in [-0.15, -0.1) is 0 Å². The number of rotatable bonds is 6. The molecule has 3 N–H and O–H groups in total. The first-order chi connectivity index (χ1) is 8.17. The molecule has 0 aromatic heterocycles. The minimum absolute atomic E-state index is 0.0448. The SMILES string of the molecule is CCCN(CC(=O)NCC)c1cccc(N)c1. The van der Waals surface area contributed by atoms with Crippen LogP contribution in [0.1, 0.15) is 20.3 Å². The average Bonchev–Trinajstić information content (AvgIpc) is 2.29. The van der Waals surface area contributed by atoms with Crippen LogP contribution >= 0.6 is 0 Å². The molecule has 0 fully saturated rings. The Morgan fingerprint density at radius 1 is 1.41 bits per heavy atom. The lowest BCUT2D eigenvalue weighted by atomic mass is 10.2. The van der Waals surface area contributed by atoms with E-state index in [1.807, 2.05) is 36.1 Å². The zero-order valence-corrected chi connectivity index (χ0v) is 10.6. The van der Waals surface area contributed by atoms with Gasteiger partial charge in [-0.2, -0.15) is 0 Å². The molecule has 0 heterocycles. The highest BCUT2D eigenvalue weighted by Crippen LogP contribution is 2.17. The molecule has 0 atom stereocenters. The molecule has 0 saturated carbocycles. The summed E-state index contributed by atoms with van der Waals surface area (Å²) >= 11 is 0. The average molecular weight is 235 g/mol. The van der Waals surface area contributed by atoms with Gasteiger partial charge in [0.1, 0.15) is 0 Å². The predicted octanol–water partition coefficient (Wildman–Crippen LogP) is 1.62. The van der Waals surface area contributed by atoms with Gasteiger partial charge < -0.3 is 16.0 Å². The Morgan fingerprint density at radius 2 is 2.18 bits per heavy atom. The zero-order valence-electron chi connectivity index (χ0n) is 10.6. The third kappa shape index (κ3) is 4.34. The van der Waals surface area contributed by atoms with Crippen molar-refractivity contribution in [3.63, 3.8) is 0 Å². The van der Waals surface area contributed by atoms with Gasteiger partial charge in [0.05, 0.1) is 6.54 Å². The maximum absolute atomic E-state index is 11.6. The molecule has 0 aliphatic rings. The van der Waals surface area contributed by atoms with Crippen molar-refractivity contribution in [2.45, 2.75) is 20.3 Å². The highest BCUT2D eigenvalue weighted by atomic mass is 16.2. The van der Waals surface area contributed by atoms with E-state index in [9.17, 15) is 4.79 Å². The van der Waals surface area contributed by atoms with Gasteiger partial charge in [0, 0.05) is 24.5 Å². The minimum Gasteiger partial charge on any atom is -0.399 e. The van der Waals surface area contributed by atoms with Crippen LogP contribution < -0.4 is 16.0 Å². The number of nitrogens with zero attached hydrogens (tertiary/aromatic N) is 1. The molecular formula is C13H21N3O. The summed E-state index contributed by atoms with van der Waals surface area (Å²) in [6.07, 6.45) is 0.994. The number of carbonyl (C=O) groups is 1. The Hall–Kier alpha value is -1.71. The van der Waals surface area contributed by atoms with E-state index in [0.29, 0.717) is 13.1 Å². The third-order valence-electron chi connectivity index (χ3n) is 2.44. The van der Waals surface area contributed by atoms with Crippen LogP contribution in [0.25, 0.3) is 0 Å². The number of anilines is 2. The summed E-state index contributed by atoms with van der Waals surface area (Å²) in [6, 6.07) is 7.63. The summed E-state index contributed by atoms with van der Waals surface area (Å²) in [5, 5.41) is 2.81. The summed E-state index contributed by atoms with van der Waals surface area (Å²) in [4.78, 5) is 13.6. The number of benzene rings is 1. The van der Waals surface area contributed by atoms with Crippen LogP contribution in [0.15, 0.2) is 24.3 Å². The molecule has 4 heteroatoms. The smallest absolute Gasteiger partial charge is 0.239 e. The first-order valence-electron chi connectivity index (χ1n) is 6.04. The van der Waals surface area contributed by atoms with Crippen molar-refractivity contribution < 1.29 is 4.79 Å². The van der Waals surface area contributed by atoms with Gasteiger partial charge in [-0.3, -0.25) is 4.79 Å². The molecule has 0 spiro atoms. The number of nitrogens with one attached hydrogen (secondary N) is 1. The lowest BCUT2D eigenvalue weighted by Crippen LogP contribution is -2.37. The molecule has 0 aliphatic heterocycles. The molecular weight excluding hydrogens is 214 g/mol. The quantitative estimate of drug-likeness (QED) is 0.737. The van der Waals surface area contributed by atoms with Crippen LogP contribution in [0.5, 0.6) is 0 Å². The minimum atomic E-state index is 0.0448. The van der Waals surface area contributed by atoms with Crippen LogP contribution in [-0.4, -0.2) is 25.5 Å². The van der Waals surface area contributed by atoms with E-state index in [2.05, 4.69) is 12.2 Å². The maximum atomic E-state index is 11.6. The molecule has 1 aromatic carbocycles. The number of hydrogen-bond acceptors (Lipinski definition) is 3. The van der Waals surface area contributed by atoms with Gasteiger partial charge in [0.25, 0.3) is 0 Å². The Morgan fingerprint density at radius 3 is 2.76 bits per heavy atom. The summed E-state index contributed by atoms with van der Waals surface area (Å²) in [5.41, 5.74) is 7.47. The van der Waals surface area contributed by atoms with Gasteiger partial charge in [-0.1, -0.05) is 13.0 Å². The number of nitrogen functional groups attached to an aromatic ring is 1. The second-order valence-electron chi connectivity index (χ2n) is 3.97. The van der Waals surface area contributed by atoms with Gasteiger partial charge in [0.2, 0.25) is 5.91 Å². The predicted molar refractivity (Wildman–Crippen MR) is 72.0 cm³/mol. The van der Waals surface area contributed by atoms with Crippen LogP contribution in [0, 0.1) is 0 Å². The maximum Gasteiger partial charge on any atom is 0.239 e. The van der Waals surface area contributed by atoms with E-state index in [4.69, 9.17) is 5.73 Å². The number of likely N-dealkylation sites (N-methyl/N-ethyl adjacent to an activating group) is 1. The standard InChI is InChI=1S/C13H21N3O/c1-3-8-16(10-13(17)15-4-2)12-7-5-6-11(14)9-12/h5-7,9H,3-4,8,10,14H2,1-2H3,(H,15,17). The fourth-order valence-electron chi connectivity index (χ4n) is 1.72. The summed E-state index contributed by atoms with van der Waals surface area (Å²) < 4.78 is 0. The second kappa shape index (κ2) is 6.78. The Balaban J connectivity index is 2.74. The van der Waals surface area contributed by atoms with Crippen molar-refractivity contribution in [1.82, 2.24) is 5.32 Å². The van der Waals surface area contributed by atoms with E-state index < -0.39 is 0 Å². The summed E-state index contributed by atoms with van der Waals surface area (Å²) in [7, 11) is 0. The van der Waals surface area contributed by atoms with E-state index in [-0.39, 0.29) is 5.91 Å². The largest absolute Gasteiger partial charge is 0.399 e. The Labute approximate surface area is 103 Å².